The van der Waals surface area contributed by atoms with Crippen LogP contribution >= 0.6 is 0 Å². The van der Waals surface area contributed by atoms with E-state index in [9.17, 15) is 0 Å². The van der Waals surface area contributed by atoms with Crippen molar-refractivity contribution < 1.29 is 4.74 Å². The van der Waals surface area contributed by atoms with E-state index < -0.39 is 0 Å². The number of nitrogens with one attached hydrogen (secondary N) is 1. The Morgan fingerprint density at radius 1 is 1.32 bits per heavy atom. The van der Waals surface area contributed by atoms with Gasteiger partial charge in [0, 0.05) is 32.0 Å². The van der Waals surface area contributed by atoms with Gasteiger partial charge in [0.2, 0.25) is 0 Å². The summed E-state index contributed by atoms with van der Waals surface area (Å²) in [5.41, 5.74) is 1.31. The van der Waals surface area contributed by atoms with Crippen LogP contribution in [-0.4, -0.2) is 29.5 Å². The first-order chi connectivity index (χ1) is 9.33. The highest BCUT2D eigenvalue weighted by Gasteiger charge is 2.14. The van der Waals surface area contributed by atoms with Crippen LogP contribution in [0.25, 0.3) is 0 Å². The van der Waals surface area contributed by atoms with E-state index in [1.807, 2.05) is 13.1 Å². The molecule has 0 fully saturated rings. The van der Waals surface area contributed by atoms with E-state index in [-0.39, 0.29) is 0 Å². The maximum atomic E-state index is 5.43. The van der Waals surface area contributed by atoms with Gasteiger partial charge in [0.05, 0.1) is 5.69 Å². The standard InChI is InChI=1S/C15H29N3O/c1-4-10-16-14(8-7-13-19-6-3)15-9-11-17-18(15)12-5-2/h9,11,14,16H,4-8,10,12-13H2,1-3H3. The molecule has 0 amide bonds. The summed E-state index contributed by atoms with van der Waals surface area (Å²) in [5.74, 6) is 0. The van der Waals surface area contributed by atoms with E-state index in [0.717, 1.165) is 52.0 Å². The molecule has 1 unspecified atom stereocenters. The van der Waals surface area contributed by atoms with Crippen LogP contribution in [0.3, 0.4) is 0 Å². The second-order valence-corrected chi connectivity index (χ2v) is 4.83. The predicted octanol–water partition coefficient (Wildman–Crippen LogP) is 3.15. The lowest BCUT2D eigenvalue weighted by Gasteiger charge is -2.20. The largest absolute Gasteiger partial charge is 0.382 e. The summed E-state index contributed by atoms with van der Waals surface area (Å²) < 4.78 is 7.57. The molecule has 19 heavy (non-hydrogen) atoms. The zero-order valence-corrected chi connectivity index (χ0v) is 12.7. The van der Waals surface area contributed by atoms with Gasteiger partial charge in [-0.3, -0.25) is 4.68 Å². The first-order valence-corrected chi connectivity index (χ1v) is 7.66. The summed E-state index contributed by atoms with van der Waals surface area (Å²) in [7, 11) is 0. The van der Waals surface area contributed by atoms with Crippen LogP contribution in [0.5, 0.6) is 0 Å². The van der Waals surface area contributed by atoms with Crippen molar-refractivity contribution in [3.63, 3.8) is 0 Å². The summed E-state index contributed by atoms with van der Waals surface area (Å²) in [6.07, 6.45) is 6.38. The zero-order valence-electron chi connectivity index (χ0n) is 12.7. The van der Waals surface area contributed by atoms with Gasteiger partial charge in [0.25, 0.3) is 0 Å². The molecule has 0 aliphatic rings. The topological polar surface area (TPSA) is 39.1 Å². The number of aryl methyl sites for hydroxylation is 1. The lowest BCUT2D eigenvalue weighted by molar-refractivity contribution is 0.140. The Morgan fingerprint density at radius 2 is 2.16 bits per heavy atom. The highest BCUT2D eigenvalue weighted by molar-refractivity contribution is 5.07. The second-order valence-electron chi connectivity index (χ2n) is 4.83. The van der Waals surface area contributed by atoms with Crippen LogP contribution in [0.15, 0.2) is 12.3 Å². The molecule has 4 nitrogen and oxygen atoms in total. The molecule has 1 aromatic rings. The molecule has 1 rings (SSSR count). The Bertz CT molecular complexity index is 325. The SMILES string of the molecule is CCCNC(CCCOCC)c1ccnn1CCC. The first kappa shape index (κ1) is 16.2. The van der Waals surface area contributed by atoms with Crippen molar-refractivity contribution >= 4 is 0 Å². The number of rotatable bonds is 11. The van der Waals surface area contributed by atoms with Crippen LogP contribution in [0.2, 0.25) is 0 Å². The van der Waals surface area contributed by atoms with E-state index in [2.05, 4.69) is 35.0 Å². The van der Waals surface area contributed by atoms with Crippen molar-refractivity contribution in [1.29, 1.82) is 0 Å². The Kier molecular flexibility index (Phi) is 8.50. The number of ether oxygens (including phenoxy) is 1. The van der Waals surface area contributed by atoms with Crippen molar-refractivity contribution in [2.24, 2.45) is 0 Å². The first-order valence-electron chi connectivity index (χ1n) is 7.66. The molecule has 110 valence electrons. The third-order valence-electron chi connectivity index (χ3n) is 3.17. The summed E-state index contributed by atoms with van der Waals surface area (Å²) in [4.78, 5) is 0. The minimum absolute atomic E-state index is 0.398. The van der Waals surface area contributed by atoms with Crippen LogP contribution in [0.4, 0.5) is 0 Å². The Hall–Kier alpha value is -0.870. The number of aromatic nitrogens is 2. The molecule has 0 spiro atoms. The van der Waals surface area contributed by atoms with Gasteiger partial charge in [-0.1, -0.05) is 13.8 Å². The minimum Gasteiger partial charge on any atom is -0.382 e. The van der Waals surface area contributed by atoms with Crippen molar-refractivity contribution in [3.05, 3.63) is 18.0 Å². The fourth-order valence-electron chi connectivity index (χ4n) is 2.24. The monoisotopic (exact) mass is 267 g/mol. The molecule has 0 saturated carbocycles. The molecule has 4 heteroatoms. The molecular weight excluding hydrogens is 238 g/mol. The highest BCUT2D eigenvalue weighted by Crippen LogP contribution is 2.18. The van der Waals surface area contributed by atoms with Crippen molar-refractivity contribution in [2.75, 3.05) is 19.8 Å². The fourth-order valence-corrected chi connectivity index (χ4v) is 2.24. The summed E-state index contributed by atoms with van der Waals surface area (Å²) >= 11 is 0. The third kappa shape index (κ3) is 5.74. The van der Waals surface area contributed by atoms with Crippen LogP contribution < -0.4 is 5.32 Å². The summed E-state index contributed by atoms with van der Waals surface area (Å²) in [6.45, 7) is 10.1. The Balaban J connectivity index is 2.57. The molecule has 0 aliphatic carbocycles. The molecule has 0 saturated heterocycles. The smallest absolute Gasteiger partial charge is 0.0553 e. The Morgan fingerprint density at radius 3 is 2.84 bits per heavy atom. The van der Waals surface area contributed by atoms with Gasteiger partial charge in [0.15, 0.2) is 0 Å². The molecule has 1 aromatic heterocycles. The molecule has 0 aliphatic heterocycles. The van der Waals surface area contributed by atoms with Crippen molar-refractivity contribution in [3.8, 4) is 0 Å². The van der Waals surface area contributed by atoms with E-state index in [1.165, 1.54) is 5.69 Å². The molecule has 0 aromatic carbocycles. The van der Waals surface area contributed by atoms with Gasteiger partial charge in [-0.05, 0) is 45.2 Å². The van der Waals surface area contributed by atoms with Gasteiger partial charge in [0.1, 0.15) is 0 Å². The van der Waals surface area contributed by atoms with Crippen LogP contribution in [0, 0.1) is 0 Å². The normalized spacial score (nSPS) is 12.8. The molecule has 1 heterocycles. The molecular formula is C15H29N3O. The average Bonchev–Trinajstić information content (AvgIpc) is 2.87. The highest BCUT2D eigenvalue weighted by atomic mass is 16.5. The molecule has 1 atom stereocenters. The minimum atomic E-state index is 0.398. The maximum Gasteiger partial charge on any atom is 0.0553 e. The van der Waals surface area contributed by atoms with Gasteiger partial charge in [-0.25, -0.2) is 0 Å². The quantitative estimate of drug-likeness (QED) is 0.626. The lowest BCUT2D eigenvalue weighted by atomic mass is 10.1. The van der Waals surface area contributed by atoms with E-state index >= 15 is 0 Å². The predicted molar refractivity (Wildman–Crippen MR) is 79.3 cm³/mol. The molecule has 0 radical (unpaired) electrons. The van der Waals surface area contributed by atoms with E-state index in [4.69, 9.17) is 4.74 Å². The number of nitrogens with zero attached hydrogens (tertiary/aromatic N) is 2. The zero-order chi connectivity index (χ0) is 13.9. The number of hydrogen-bond donors (Lipinski definition) is 1. The Labute approximate surface area is 117 Å². The van der Waals surface area contributed by atoms with Gasteiger partial charge >= 0.3 is 0 Å². The lowest BCUT2D eigenvalue weighted by Crippen LogP contribution is -2.25. The average molecular weight is 267 g/mol. The van der Waals surface area contributed by atoms with Gasteiger partial charge < -0.3 is 10.1 Å². The second kappa shape index (κ2) is 9.98. The summed E-state index contributed by atoms with van der Waals surface area (Å²) in [5, 5.41) is 8.06. The van der Waals surface area contributed by atoms with Crippen molar-refractivity contribution in [1.82, 2.24) is 15.1 Å². The van der Waals surface area contributed by atoms with E-state index in [0.29, 0.717) is 6.04 Å². The molecule has 1 N–H and O–H groups in total. The summed E-state index contributed by atoms with van der Waals surface area (Å²) in [6, 6.07) is 2.54. The van der Waals surface area contributed by atoms with Gasteiger partial charge in [-0.15, -0.1) is 0 Å². The number of hydrogen-bond acceptors (Lipinski definition) is 3. The van der Waals surface area contributed by atoms with Crippen LogP contribution in [-0.2, 0) is 11.3 Å². The third-order valence-corrected chi connectivity index (χ3v) is 3.17. The van der Waals surface area contributed by atoms with Crippen molar-refractivity contribution in [2.45, 2.75) is 59.0 Å². The maximum absolute atomic E-state index is 5.43. The van der Waals surface area contributed by atoms with E-state index in [1.54, 1.807) is 0 Å². The van der Waals surface area contributed by atoms with Gasteiger partial charge in [-0.2, -0.15) is 5.10 Å². The van der Waals surface area contributed by atoms with Crippen LogP contribution in [0.1, 0.15) is 58.2 Å². The molecule has 0 bridgehead atoms. The fraction of sp³-hybridized carbons (Fsp3) is 0.800.